The van der Waals surface area contributed by atoms with Gasteiger partial charge in [-0.05, 0) is 25.7 Å². The first-order chi connectivity index (χ1) is 14.8. The molecule has 0 aromatic heterocycles. The van der Waals surface area contributed by atoms with E-state index in [1.165, 1.54) is 154 Å². The predicted molar refractivity (Wildman–Crippen MR) is 143 cm³/mol. The minimum Gasteiger partial charge on any atom is -0.103 e. The van der Waals surface area contributed by atoms with Gasteiger partial charge in [-0.2, -0.15) is 0 Å². The Morgan fingerprint density at radius 2 is 0.533 bits per heavy atom. The molecule has 0 aliphatic heterocycles. The van der Waals surface area contributed by atoms with Gasteiger partial charge >= 0.3 is 0 Å². The Hall–Kier alpha value is -0.520. The van der Waals surface area contributed by atoms with Gasteiger partial charge in [-0.25, -0.2) is 0 Å². The van der Waals surface area contributed by atoms with Crippen LogP contribution >= 0.6 is 0 Å². The number of hydrogen-bond acceptors (Lipinski definition) is 0. The summed E-state index contributed by atoms with van der Waals surface area (Å²) >= 11 is 0. The highest BCUT2D eigenvalue weighted by molar-refractivity contribution is 4.65. The highest BCUT2D eigenvalue weighted by Gasteiger charge is 1.93. The first-order valence-electron chi connectivity index (χ1n) is 14.0. The third-order valence-electron chi connectivity index (χ3n) is 6.02. The van der Waals surface area contributed by atoms with Crippen LogP contribution in [0.25, 0.3) is 0 Å². The Labute approximate surface area is 193 Å². The van der Waals surface area contributed by atoms with Crippen molar-refractivity contribution in [3.8, 4) is 0 Å². The summed E-state index contributed by atoms with van der Waals surface area (Å²) in [5.41, 5.74) is 0. The molecule has 0 spiro atoms. The van der Waals surface area contributed by atoms with Gasteiger partial charge in [0.15, 0.2) is 0 Å². The smallest absolute Gasteiger partial charge is 0.0353 e. The van der Waals surface area contributed by atoms with E-state index in [1.807, 2.05) is 12.2 Å². The lowest BCUT2D eigenvalue weighted by molar-refractivity contribution is 0.536. The van der Waals surface area contributed by atoms with Gasteiger partial charge in [0.05, 0.1) is 0 Å². The lowest BCUT2D eigenvalue weighted by Crippen LogP contribution is -1.83. The lowest BCUT2D eigenvalue weighted by Gasteiger charge is -2.02. The molecule has 0 nitrogen and oxygen atoms in total. The fraction of sp³-hybridized carbons (Fsp3) is 0.867. The van der Waals surface area contributed by atoms with Crippen molar-refractivity contribution < 1.29 is 0 Å². The van der Waals surface area contributed by atoms with Crippen LogP contribution in [0.5, 0.6) is 0 Å². The van der Waals surface area contributed by atoms with Gasteiger partial charge in [-0.3, -0.25) is 0 Å². The first kappa shape index (κ1) is 31.7. The highest BCUT2D eigenvalue weighted by Crippen LogP contribution is 2.13. The molecule has 0 saturated heterocycles. The molecule has 0 aromatic rings. The van der Waals surface area contributed by atoms with Crippen LogP contribution in [0.3, 0.4) is 0 Å². The number of hydrogen-bond donors (Lipinski definition) is 0. The van der Waals surface area contributed by atoms with Gasteiger partial charge in [0, 0.05) is 0 Å². The van der Waals surface area contributed by atoms with Crippen LogP contribution in [-0.2, 0) is 0 Å². The molecule has 0 radical (unpaired) electrons. The highest BCUT2D eigenvalue weighted by atomic mass is 14.0. The molecule has 0 heterocycles. The van der Waals surface area contributed by atoms with E-state index in [1.54, 1.807) is 0 Å². The fourth-order valence-corrected chi connectivity index (χ4v) is 3.91. The van der Waals surface area contributed by atoms with Crippen molar-refractivity contribution >= 4 is 0 Å². The summed E-state index contributed by atoms with van der Waals surface area (Å²) in [6.07, 6.45) is 38.0. The van der Waals surface area contributed by atoms with E-state index < -0.39 is 0 Å². The van der Waals surface area contributed by atoms with Crippen molar-refractivity contribution in [3.05, 3.63) is 25.3 Å². The lowest BCUT2D eigenvalue weighted by atomic mass is 10.0. The minimum atomic E-state index is 1.20. The van der Waals surface area contributed by atoms with Crippen molar-refractivity contribution in [3.63, 3.8) is 0 Å². The zero-order valence-electron chi connectivity index (χ0n) is 21.5. The van der Waals surface area contributed by atoms with Crippen LogP contribution in [0.2, 0.25) is 0 Å². The molecule has 0 N–H and O–H groups in total. The molecule has 0 bridgehead atoms. The minimum absolute atomic E-state index is 1.20. The zero-order valence-corrected chi connectivity index (χ0v) is 21.5. The molecule has 0 rings (SSSR count). The van der Waals surface area contributed by atoms with Crippen LogP contribution in [0.1, 0.15) is 168 Å². The van der Waals surface area contributed by atoms with E-state index in [0.29, 0.717) is 0 Å². The second kappa shape index (κ2) is 33.1. The molecule has 0 aliphatic rings. The second-order valence-electron chi connectivity index (χ2n) is 9.23. The average Bonchev–Trinajstić information content (AvgIpc) is 2.76. The molecule has 0 aromatic carbocycles. The molecule has 0 fully saturated rings. The second-order valence-corrected chi connectivity index (χ2v) is 9.23. The zero-order chi connectivity index (χ0) is 22.4. The van der Waals surface area contributed by atoms with Gasteiger partial charge < -0.3 is 0 Å². The van der Waals surface area contributed by atoms with Crippen molar-refractivity contribution in [1.82, 2.24) is 0 Å². The summed E-state index contributed by atoms with van der Waals surface area (Å²) in [6.45, 7) is 12.0. The van der Waals surface area contributed by atoms with Crippen molar-refractivity contribution in [2.24, 2.45) is 0 Å². The molecule has 180 valence electrons. The number of allylic oxidation sites excluding steroid dienone is 2. The Balaban J connectivity index is 0. The summed E-state index contributed by atoms with van der Waals surface area (Å²) in [5.74, 6) is 0. The Bertz CT molecular complexity index is 290. The van der Waals surface area contributed by atoms with Gasteiger partial charge in [0.2, 0.25) is 0 Å². The van der Waals surface area contributed by atoms with E-state index in [9.17, 15) is 0 Å². The maximum atomic E-state index is 3.76. The monoisotopic (exact) mass is 420 g/mol. The third kappa shape index (κ3) is 35.0. The number of unbranched alkanes of at least 4 members (excludes halogenated alkanes) is 22. The summed E-state index contributed by atoms with van der Waals surface area (Å²) in [4.78, 5) is 0. The van der Waals surface area contributed by atoms with Gasteiger partial charge in [-0.15, -0.1) is 13.2 Å². The van der Waals surface area contributed by atoms with E-state index in [-0.39, 0.29) is 0 Å². The van der Waals surface area contributed by atoms with Crippen molar-refractivity contribution in [2.75, 3.05) is 0 Å². The molecule has 0 aliphatic carbocycles. The molecule has 0 saturated carbocycles. The molecular formula is C30H60. The van der Waals surface area contributed by atoms with E-state index in [2.05, 4.69) is 27.0 Å². The Morgan fingerprint density at radius 1 is 0.333 bits per heavy atom. The fourth-order valence-electron chi connectivity index (χ4n) is 3.91. The SMILES string of the molecule is C=CCCCCCCCCCC.C=CCCCCCCCCCCCCCCCC. The van der Waals surface area contributed by atoms with Crippen LogP contribution < -0.4 is 0 Å². The van der Waals surface area contributed by atoms with Gasteiger partial charge in [-0.1, -0.05) is 154 Å². The quantitative estimate of drug-likeness (QED) is 0.107. The van der Waals surface area contributed by atoms with Crippen molar-refractivity contribution in [1.29, 1.82) is 0 Å². The number of rotatable bonds is 24. The standard InChI is InChI=1S/C18H36.C12H24/c1-3-5-7-9-11-13-15-17-18-16-14-12-10-8-6-4-2;1-3-5-7-9-11-12-10-8-6-4-2/h3H,1,4-18H2,2H3;3H,1,4-12H2,2H3. The topological polar surface area (TPSA) is 0 Å². The molecular weight excluding hydrogens is 360 g/mol. The largest absolute Gasteiger partial charge is 0.103 e. The van der Waals surface area contributed by atoms with E-state index >= 15 is 0 Å². The molecule has 0 amide bonds. The molecule has 0 heteroatoms. The van der Waals surface area contributed by atoms with E-state index in [0.717, 1.165) is 0 Å². The average molecular weight is 421 g/mol. The maximum absolute atomic E-state index is 3.76. The summed E-state index contributed by atoms with van der Waals surface area (Å²) in [6, 6.07) is 0. The summed E-state index contributed by atoms with van der Waals surface area (Å²) in [7, 11) is 0. The predicted octanol–water partition coefficient (Wildman–Crippen LogP) is 11.7. The summed E-state index contributed by atoms with van der Waals surface area (Å²) < 4.78 is 0. The molecule has 0 unspecified atom stereocenters. The Kier molecular flexibility index (Phi) is 35.0. The van der Waals surface area contributed by atoms with Gasteiger partial charge in [0.1, 0.15) is 0 Å². The molecule has 0 atom stereocenters. The summed E-state index contributed by atoms with van der Waals surface area (Å²) in [5, 5.41) is 0. The van der Waals surface area contributed by atoms with E-state index in [4.69, 9.17) is 0 Å². The third-order valence-corrected chi connectivity index (χ3v) is 6.02. The first-order valence-corrected chi connectivity index (χ1v) is 14.0. The van der Waals surface area contributed by atoms with Gasteiger partial charge in [0.25, 0.3) is 0 Å². The normalized spacial score (nSPS) is 10.5. The van der Waals surface area contributed by atoms with Crippen LogP contribution in [0.4, 0.5) is 0 Å². The molecule has 30 heavy (non-hydrogen) atoms. The van der Waals surface area contributed by atoms with Crippen LogP contribution in [0.15, 0.2) is 25.3 Å². The van der Waals surface area contributed by atoms with Crippen LogP contribution in [-0.4, -0.2) is 0 Å². The van der Waals surface area contributed by atoms with Crippen LogP contribution in [0, 0.1) is 0 Å². The van der Waals surface area contributed by atoms with Crippen molar-refractivity contribution in [2.45, 2.75) is 168 Å². The maximum Gasteiger partial charge on any atom is -0.0353 e. The Morgan fingerprint density at radius 3 is 0.733 bits per heavy atom.